The van der Waals surface area contributed by atoms with E-state index in [0.29, 0.717) is 12.0 Å². The summed E-state index contributed by atoms with van der Waals surface area (Å²) in [7, 11) is 0. The van der Waals surface area contributed by atoms with E-state index in [-0.39, 0.29) is 16.7 Å². The first-order chi connectivity index (χ1) is 14.6. The van der Waals surface area contributed by atoms with Crippen molar-refractivity contribution in [3.05, 3.63) is 63.2 Å². The molecule has 0 aromatic heterocycles. The smallest absolute Gasteiger partial charge is 0.326 e. The second kappa shape index (κ2) is 7.73. The van der Waals surface area contributed by atoms with Gasteiger partial charge in [0.2, 0.25) is 5.91 Å². The molecule has 0 spiro atoms. The van der Waals surface area contributed by atoms with Gasteiger partial charge in [-0.2, -0.15) is 0 Å². The van der Waals surface area contributed by atoms with Crippen LogP contribution in [-0.2, 0) is 9.63 Å². The molecule has 2 saturated carbocycles. The number of amides is 1. The Morgan fingerprint density at radius 1 is 1.00 bits per heavy atom. The maximum absolute atomic E-state index is 13.5. The maximum atomic E-state index is 13.5. The Labute approximate surface area is 196 Å². The van der Waals surface area contributed by atoms with E-state index in [1.807, 2.05) is 43.3 Å². The number of aryl methyl sites for hydroxylation is 1. The standard InChI is InChI=1S/C25H27IN2O3/c1-16-5-7-17(8-6-16)21(29)31-28-20-15-25(14-13-24(20,4)23(25,2)3)22(30)27-19-11-9-18(26)10-12-19/h5-12H,13-15H2,1-4H3,(H,27,30)/b28-20+. The van der Waals surface area contributed by atoms with Gasteiger partial charge < -0.3 is 10.2 Å². The van der Waals surface area contributed by atoms with Gasteiger partial charge in [0.15, 0.2) is 0 Å². The molecule has 162 valence electrons. The summed E-state index contributed by atoms with van der Waals surface area (Å²) in [6.07, 6.45) is 2.12. The van der Waals surface area contributed by atoms with Crippen LogP contribution >= 0.6 is 22.6 Å². The molecule has 2 bridgehead atoms. The van der Waals surface area contributed by atoms with Crippen molar-refractivity contribution in [3.63, 3.8) is 0 Å². The SMILES string of the molecule is Cc1ccc(C(=O)O/N=C2\CC3(C(=O)Nc4ccc(I)cc4)CCC2(C)C3(C)C)cc1. The number of anilines is 1. The van der Waals surface area contributed by atoms with E-state index in [1.165, 1.54) is 0 Å². The average Bonchev–Trinajstić information content (AvgIpc) is 3.05. The van der Waals surface area contributed by atoms with Gasteiger partial charge in [0.1, 0.15) is 0 Å². The van der Waals surface area contributed by atoms with Crippen LogP contribution in [0.4, 0.5) is 5.69 Å². The lowest BCUT2D eigenvalue weighted by Gasteiger charge is -2.39. The Morgan fingerprint density at radius 2 is 1.65 bits per heavy atom. The summed E-state index contributed by atoms with van der Waals surface area (Å²) in [5.41, 5.74) is 1.92. The van der Waals surface area contributed by atoms with Gasteiger partial charge in [-0.1, -0.05) is 43.6 Å². The third-order valence-corrected chi connectivity index (χ3v) is 8.52. The molecule has 6 heteroatoms. The van der Waals surface area contributed by atoms with Crippen LogP contribution in [-0.4, -0.2) is 17.6 Å². The highest BCUT2D eigenvalue weighted by Crippen LogP contribution is 2.71. The molecule has 2 aliphatic rings. The van der Waals surface area contributed by atoms with Gasteiger partial charge in [0.25, 0.3) is 0 Å². The summed E-state index contributed by atoms with van der Waals surface area (Å²) in [5.74, 6) is -0.466. The first kappa shape index (κ1) is 22.0. The van der Waals surface area contributed by atoms with Crippen molar-refractivity contribution in [2.24, 2.45) is 21.4 Å². The van der Waals surface area contributed by atoms with Crippen LogP contribution in [0.2, 0.25) is 0 Å². The molecule has 5 nitrogen and oxygen atoms in total. The van der Waals surface area contributed by atoms with Gasteiger partial charge in [0, 0.05) is 21.1 Å². The fourth-order valence-electron chi connectivity index (χ4n) is 5.15. The molecule has 2 atom stereocenters. The minimum atomic E-state index is -0.583. The lowest BCUT2D eigenvalue weighted by atomic mass is 9.64. The van der Waals surface area contributed by atoms with Crippen LogP contribution in [0.3, 0.4) is 0 Å². The maximum Gasteiger partial charge on any atom is 0.365 e. The number of oxime groups is 1. The Bertz CT molecular complexity index is 1060. The Morgan fingerprint density at radius 3 is 2.29 bits per heavy atom. The molecule has 1 N–H and O–H groups in total. The number of nitrogens with zero attached hydrogens (tertiary/aromatic N) is 1. The minimum absolute atomic E-state index is 0.0116. The highest BCUT2D eigenvalue weighted by atomic mass is 127. The number of hydrogen-bond donors (Lipinski definition) is 1. The van der Waals surface area contributed by atoms with Crippen molar-refractivity contribution >= 4 is 45.9 Å². The highest BCUT2D eigenvalue weighted by molar-refractivity contribution is 14.1. The fraction of sp³-hybridized carbons (Fsp3) is 0.400. The second-order valence-corrected chi connectivity index (χ2v) is 10.7. The summed E-state index contributed by atoms with van der Waals surface area (Å²) in [5, 5.41) is 7.42. The normalized spacial score (nSPS) is 27.3. The number of halogens is 1. The second-order valence-electron chi connectivity index (χ2n) is 9.46. The fourth-order valence-corrected chi connectivity index (χ4v) is 5.50. The van der Waals surface area contributed by atoms with Gasteiger partial charge >= 0.3 is 5.97 Å². The van der Waals surface area contributed by atoms with Gasteiger partial charge in [0.05, 0.1) is 16.7 Å². The Kier molecular flexibility index (Phi) is 5.48. The molecule has 2 aromatic rings. The van der Waals surface area contributed by atoms with E-state index in [1.54, 1.807) is 12.1 Å². The molecular formula is C25H27IN2O3. The first-order valence-corrected chi connectivity index (χ1v) is 11.6. The number of hydrogen-bond acceptors (Lipinski definition) is 4. The number of carbonyl (C=O) groups is 2. The topological polar surface area (TPSA) is 67.8 Å². The zero-order chi connectivity index (χ0) is 22.4. The zero-order valence-corrected chi connectivity index (χ0v) is 20.4. The quantitative estimate of drug-likeness (QED) is 0.301. The Balaban J connectivity index is 1.57. The number of rotatable bonds is 4. The molecule has 0 saturated heterocycles. The van der Waals surface area contributed by atoms with Crippen molar-refractivity contribution in [3.8, 4) is 0 Å². The summed E-state index contributed by atoms with van der Waals surface area (Å²) < 4.78 is 1.12. The van der Waals surface area contributed by atoms with E-state index < -0.39 is 11.4 Å². The molecule has 0 radical (unpaired) electrons. The third kappa shape index (κ3) is 3.49. The summed E-state index contributed by atoms with van der Waals surface area (Å²) in [4.78, 5) is 31.3. The molecule has 0 aliphatic heterocycles. The van der Waals surface area contributed by atoms with Gasteiger partial charge in [-0.05, 0) is 84.2 Å². The van der Waals surface area contributed by atoms with Crippen molar-refractivity contribution in [1.29, 1.82) is 0 Å². The number of fused-ring (bicyclic) bond motifs is 2. The lowest BCUT2D eigenvalue weighted by Crippen LogP contribution is -2.43. The van der Waals surface area contributed by atoms with Crippen LogP contribution in [0.1, 0.15) is 56.0 Å². The van der Waals surface area contributed by atoms with Crippen LogP contribution < -0.4 is 5.32 Å². The van der Waals surface area contributed by atoms with Gasteiger partial charge in [-0.25, -0.2) is 4.79 Å². The predicted octanol–water partition coefficient (Wildman–Crippen LogP) is 5.97. The highest BCUT2D eigenvalue weighted by Gasteiger charge is 2.71. The molecule has 2 aromatic carbocycles. The van der Waals surface area contributed by atoms with E-state index in [4.69, 9.17) is 4.84 Å². The van der Waals surface area contributed by atoms with Crippen LogP contribution in [0.5, 0.6) is 0 Å². The minimum Gasteiger partial charge on any atom is -0.326 e. The molecule has 2 aliphatic carbocycles. The summed E-state index contributed by atoms with van der Waals surface area (Å²) in [6, 6.07) is 15.0. The van der Waals surface area contributed by atoms with E-state index in [0.717, 1.165) is 33.4 Å². The molecular weight excluding hydrogens is 503 g/mol. The number of benzene rings is 2. The van der Waals surface area contributed by atoms with Crippen molar-refractivity contribution in [1.82, 2.24) is 0 Å². The summed E-state index contributed by atoms with van der Waals surface area (Å²) >= 11 is 2.25. The van der Waals surface area contributed by atoms with Gasteiger partial charge in [-0.3, -0.25) is 4.79 Å². The third-order valence-electron chi connectivity index (χ3n) is 7.80. The lowest BCUT2D eigenvalue weighted by molar-refractivity contribution is -0.130. The van der Waals surface area contributed by atoms with E-state index >= 15 is 0 Å². The van der Waals surface area contributed by atoms with Crippen LogP contribution in [0, 0.1) is 26.7 Å². The predicted molar refractivity (Wildman–Crippen MR) is 130 cm³/mol. The van der Waals surface area contributed by atoms with Crippen molar-refractivity contribution in [2.75, 3.05) is 5.32 Å². The van der Waals surface area contributed by atoms with Gasteiger partial charge in [-0.15, -0.1) is 0 Å². The molecule has 31 heavy (non-hydrogen) atoms. The number of nitrogens with one attached hydrogen (secondary N) is 1. The molecule has 2 unspecified atom stereocenters. The average molecular weight is 530 g/mol. The molecule has 0 heterocycles. The molecule has 1 amide bonds. The van der Waals surface area contributed by atoms with E-state index in [9.17, 15) is 9.59 Å². The zero-order valence-electron chi connectivity index (χ0n) is 18.3. The monoisotopic (exact) mass is 530 g/mol. The van der Waals surface area contributed by atoms with E-state index in [2.05, 4.69) is 53.8 Å². The van der Waals surface area contributed by atoms with Crippen molar-refractivity contribution < 1.29 is 14.4 Å². The molecule has 2 fully saturated rings. The summed E-state index contributed by atoms with van der Waals surface area (Å²) in [6.45, 7) is 8.38. The Hall–Kier alpha value is -2.22. The van der Waals surface area contributed by atoms with Crippen LogP contribution in [0.15, 0.2) is 53.7 Å². The van der Waals surface area contributed by atoms with Crippen LogP contribution in [0.25, 0.3) is 0 Å². The number of carbonyl (C=O) groups excluding carboxylic acids is 2. The largest absolute Gasteiger partial charge is 0.365 e. The molecule has 4 rings (SSSR count). The first-order valence-electron chi connectivity index (χ1n) is 10.5. The van der Waals surface area contributed by atoms with Crippen molar-refractivity contribution in [2.45, 2.75) is 47.0 Å².